The molecule has 0 saturated carbocycles. The molecule has 0 aromatic carbocycles. The zero-order chi connectivity index (χ0) is 15.5. The van der Waals surface area contributed by atoms with Crippen LogP contribution in [0.4, 0.5) is 5.69 Å². The first-order chi connectivity index (χ1) is 9.91. The third-order valence-electron chi connectivity index (χ3n) is 3.67. The van der Waals surface area contributed by atoms with Gasteiger partial charge in [0, 0.05) is 19.2 Å². The number of anilines is 1. The van der Waals surface area contributed by atoms with Crippen molar-refractivity contribution in [1.82, 2.24) is 10.3 Å². The predicted octanol–water partition coefficient (Wildman–Crippen LogP) is 2.44. The number of rotatable bonds is 5. The van der Waals surface area contributed by atoms with Gasteiger partial charge >= 0.3 is 0 Å². The van der Waals surface area contributed by atoms with Crippen LogP contribution in [0.1, 0.15) is 33.6 Å². The van der Waals surface area contributed by atoms with Gasteiger partial charge in [-0.05, 0) is 24.0 Å². The Morgan fingerprint density at radius 1 is 1.52 bits per heavy atom. The van der Waals surface area contributed by atoms with Crippen molar-refractivity contribution in [3.8, 4) is 0 Å². The van der Waals surface area contributed by atoms with Crippen LogP contribution < -0.4 is 10.6 Å². The maximum atomic E-state index is 12.0. The lowest BCUT2D eigenvalue weighted by atomic mass is 9.90. The average Bonchev–Trinajstić information content (AvgIpc) is 2.46. The third kappa shape index (κ3) is 4.20. The molecule has 2 rings (SSSR count). The number of nitrogens with one attached hydrogen (secondary N) is 2. The zero-order valence-electron chi connectivity index (χ0n) is 12.6. The fourth-order valence-electron chi connectivity index (χ4n) is 1.82. The molecule has 1 aliphatic rings. The molecule has 0 spiro atoms. The van der Waals surface area contributed by atoms with E-state index in [1.165, 1.54) is 11.8 Å². The lowest BCUT2D eigenvalue weighted by Gasteiger charge is -2.25. The summed E-state index contributed by atoms with van der Waals surface area (Å²) in [5.41, 5.74) is 0.794. The summed E-state index contributed by atoms with van der Waals surface area (Å²) in [7, 11) is 0. The number of carbonyl (C=O) groups excluding carboxylic acids is 2. The molecule has 1 atom stereocenters. The quantitative estimate of drug-likeness (QED) is 0.876. The minimum Gasteiger partial charge on any atom is -0.356 e. The van der Waals surface area contributed by atoms with E-state index in [0.29, 0.717) is 6.54 Å². The summed E-state index contributed by atoms with van der Waals surface area (Å²) >= 11 is 1.35. The molecule has 1 aliphatic heterocycles. The fourth-order valence-corrected chi connectivity index (χ4v) is 2.86. The number of carbonyl (C=O) groups is 2. The number of aromatic nitrogens is 1. The highest BCUT2D eigenvalue weighted by Crippen LogP contribution is 2.34. The van der Waals surface area contributed by atoms with Gasteiger partial charge < -0.3 is 10.6 Å². The van der Waals surface area contributed by atoms with Crippen molar-refractivity contribution in [2.45, 2.75) is 43.9 Å². The highest BCUT2D eigenvalue weighted by atomic mass is 32.2. The van der Waals surface area contributed by atoms with Crippen LogP contribution in [0.5, 0.6) is 0 Å². The molecule has 0 fully saturated rings. The van der Waals surface area contributed by atoms with E-state index in [0.717, 1.165) is 17.1 Å². The van der Waals surface area contributed by atoms with Gasteiger partial charge in [0.1, 0.15) is 5.03 Å². The molecular weight excluding hydrogens is 286 g/mol. The van der Waals surface area contributed by atoms with Crippen LogP contribution in [0.3, 0.4) is 0 Å². The minimum atomic E-state index is -0.419. The first-order valence-corrected chi connectivity index (χ1v) is 7.98. The van der Waals surface area contributed by atoms with E-state index in [9.17, 15) is 9.59 Å². The van der Waals surface area contributed by atoms with Crippen molar-refractivity contribution in [2.24, 2.45) is 5.41 Å². The normalized spacial score (nSPS) is 17.9. The first kappa shape index (κ1) is 15.8. The summed E-state index contributed by atoms with van der Waals surface area (Å²) in [4.78, 5) is 28.2. The number of pyridine rings is 1. The molecular formula is C15H21N3O2S. The molecule has 6 heteroatoms. The van der Waals surface area contributed by atoms with E-state index >= 15 is 0 Å². The van der Waals surface area contributed by atoms with Crippen LogP contribution in [0.25, 0.3) is 0 Å². The van der Waals surface area contributed by atoms with Gasteiger partial charge in [0.05, 0.1) is 10.9 Å². The van der Waals surface area contributed by atoms with Crippen molar-refractivity contribution in [3.63, 3.8) is 0 Å². The van der Waals surface area contributed by atoms with Gasteiger partial charge in [0.25, 0.3) is 0 Å². The molecule has 5 nitrogen and oxygen atoms in total. The van der Waals surface area contributed by atoms with Crippen molar-refractivity contribution >= 4 is 29.3 Å². The smallest absolute Gasteiger partial charge is 0.238 e. The number of thioether (sulfide) groups is 1. The molecule has 0 aliphatic carbocycles. The van der Waals surface area contributed by atoms with Crippen LogP contribution in [0, 0.1) is 5.41 Å². The van der Waals surface area contributed by atoms with Crippen LogP contribution in [-0.4, -0.2) is 28.6 Å². The van der Waals surface area contributed by atoms with Gasteiger partial charge in [0.2, 0.25) is 11.8 Å². The molecule has 2 heterocycles. The second-order valence-corrected chi connectivity index (χ2v) is 7.14. The number of amides is 2. The molecule has 0 bridgehead atoms. The van der Waals surface area contributed by atoms with Gasteiger partial charge in [-0.15, -0.1) is 0 Å². The number of hydrogen-bond donors (Lipinski definition) is 2. The summed E-state index contributed by atoms with van der Waals surface area (Å²) in [6.07, 6.45) is 2.85. The van der Waals surface area contributed by atoms with Gasteiger partial charge in [-0.3, -0.25) is 9.59 Å². The summed E-state index contributed by atoms with van der Waals surface area (Å²) in [6.45, 7) is 6.93. The van der Waals surface area contributed by atoms with E-state index in [1.807, 2.05) is 6.07 Å². The van der Waals surface area contributed by atoms with Crippen molar-refractivity contribution < 1.29 is 9.59 Å². The van der Waals surface area contributed by atoms with Gasteiger partial charge in [-0.2, -0.15) is 0 Å². The van der Waals surface area contributed by atoms with E-state index in [4.69, 9.17) is 0 Å². The molecule has 1 aromatic heterocycles. The number of fused-ring (bicyclic) bond motifs is 1. The molecule has 0 saturated heterocycles. The van der Waals surface area contributed by atoms with Crippen molar-refractivity contribution in [1.29, 1.82) is 0 Å². The summed E-state index contributed by atoms with van der Waals surface area (Å²) in [6, 6.07) is 3.59. The van der Waals surface area contributed by atoms with Crippen molar-refractivity contribution in [2.75, 3.05) is 11.9 Å². The molecule has 1 unspecified atom stereocenters. The summed E-state index contributed by atoms with van der Waals surface area (Å²) in [5, 5.41) is 6.06. The van der Waals surface area contributed by atoms with Crippen LogP contribution in [0.2, 0.25) is 0 Å². The first-order valence-electron chi connectivity index (χ1n) is 7.10. The molecule has 1 aromatic rings. The Hall–Kier alpha value is -1.56. The summed E-state index contributed by atoms with van der Waals surface area (Å²) in [5.74, 6) is -0.228. The monoisotopic (exact) mass is 307 g/mol. The summed E-state index contributed by atoms with van der Waals surface area (Å²) < 4.78 is 0. The van der Waals surface area contributed by atoms with E-state index in [2.05, 4.69) is 36.4 Å². The molecule has 2 amide bonds. The van der Waals surface area contributed by atoms with Crippen molar-refractivity contribution in [3.05, 3.63) is 18.3 Å². The number of hydrogen-bond acceptors (Lipinski definition) is 4. The Labute approximate surface area is 129 Å². The van der Waals surface area contributed by atoms with Gasteiger partial charge in [-0.1, -0.05) is 32.5 Å². The lowest BCUT2D eigenvalue weighted by molar-refractivity contribution is -0.124. The highest BCUT2D eigenvalue weighted by molar-refractivity contribution is 8.00. The Balaban J connectivity index is 1.92. The molecule has 0 radical (unpaired) electrons. The Morgan fingerprint density at radius 3 is 3.00 bits per heavy atom. The molecule has 114 valence electrons. The second kappa shape index (κ2) is 6.47. The van der Waals surface area contributed by atoms with Crippen LogP contribution in [0.15, 0.2) is 23.4 Å². The third-order valence-corrected chi connectivity index (χ3v) is 4.88. The van der Waals surface area contributed by atoms with Crippen LogP contribution in [-0.2, 0) is 9.59 Å². The lowest BCUT2D eigenvalue weighted by Crippen LogP contribution is -2.38. The van der Waals surface area contributed by atoms with Gasteiger partial charge in [0.15, 0.2) is 0 Å². The fraction of sp³-hybridized carbons (Fsp3) is 0.533. The van der Waals surface area contributed by atoms with Gasteiger partial charge in [-0.25, -0.2) is 4.98 Å². The predicted molar refractivity (Wildman–Crippen MR) is 84.2 cm³/mol. The molecule has 21 heavy (non-hydrogen) atoms. The molecule has 2 N–H and O–H groups in total. The topological polar surface area (TPSA) is 71.1 Å². The zero-order valence-corrected chi connectivity index (χ0v) is 13.4. The van der Waals surface area contributed by atoms with Crippen LogP contribution >= 0.6 is 11.8 Å². The number of nitrogens with zero attached hydrogens (tertiary/aromatic N) is 1. The SMILES string of the molecule is CCC(C)(C)CNC(=O)CC1Sc2ncccc2NC1=O. The van der Waals surface area contributed by atoms with E-state index in [1.54, 1.807) is 12.3 Å². The van der Waals surface area contributed by atoms with E-state index < -0.39 is 5.25 Å². The van der Waals surface area contributed by atoms with E-state index in [-0.39, 0.29) is 23.7 Å². The standard InChI is InChI=1S/C15H21N3O2S/c1-4-15(2,3)9-17-12(19)8-11-13(20)18-10-6-5-7-16-14(10)21-11/h5-7,11H,4,8-9H2,1-3H3,(H,17,19)(H,18,20). The Bertz CT molecular complexity index is 545. The Kier molecular flexibility index (Phi) is 4.88. The Morgan fingerprint density at radius 2 is 2.29 bits per heavy atom. The second-order valence-electron chi connectivity index (χ2n) is 5.95. The highest BCUT2D eigenvalue weighted by Gasteiger charge is 2.30. The largest absolute Gasteiger partial charge is 0.356 e. The minimum absolute atomic E-state index is 0.0752. The average molecular weight is 307 g/mol. The maximum Gasteiger partial charge on any atom is 0.238 e. The maximum absolute atomic E-state index is 12.0.